The molecular formula is C14H14F2N4OS2. The van der Waals surface area contributed by atoms with E-state index in [0.29, 0.717) is 16.0 Å². The van der Waals surface area contributed by atoms with Gasteiger partial charge in [-0.25, -0.2) is 8.78 Å². The first-order valence-corrected chi connectivity index (χ1v) is 8.30. The SMILES string of the molecule is C=CCNc1nnc(SC(C)C(=O)Nc2ccc(F)c(F)c2)s1. The molecule has 5 nitrogen and oxygen atoms in total. The van der Waals surface area contributed by atoms with E-state index in [1.54, 1.807) is 13.0 Å². The summed E-state index contributed by atoms with van der Waals surface area (Å²) in [5, 5.41) is 13.6. The summed E-state index contributed by atoms with van der Waals surface area (Å²) < 4.78 is 26.6. The Balaban J connectivity index is 1.92. The Kier molecular flexibility index (Phi) is 6.05. The number of nitrogens with zero attached hydrogens (tertiary/aromatic N) is 2. The van der Waals surface area contributed by atoms with E-state index in [4.69, 9.17) is 0 Å². The molecule has 0 aliphatic heterocycles. The minimum Gasteiger partial charge on any atom is -0.357 e. The van der Waals surface area contributed by atoms with Crippen molar-refractivity contribution in [1.29, 1.82) is 0 Å². The molecule has 0 radical (unpaired) electrons. The van der Waals surface area contributed by atoms with Crippen molar-refractivity contribution in [3.8, 4) is 0 Å². The van der Waals surface area contributed by atoms with Gasteiger partial charge in [-0.1, -0.05) is 29.2 Å². The van der Waals surface area contributed by atoms with Crippen molar-refractivity contribution < 1.29 is 13.6 Å². The van der Waals surface area contributed by atoms with Gasteiger partial charge in [-0.2, -0.15) is 0 Å². The van der Waals surface area contributed by atoms with Gasteiger partial charge in [-0.05, 0) is 19.1 Å². The van der Waals surface area contributed by atoms with Crippen LogP contribution in [0.15, 0.2) is 35.2 Å². The number of anilines is 2. The number of amides is 1. The minimum atomic E-state index is -1.01. The Morgan fingerprint density at radius 2 is 2.22 bits per heavy atom. The fourth-order valence-corrected chi connectivity index (χ4v) is 3.41. The molecule has 0 saturated carbocycles. The third-order valence-corrected chi connectivity index (χ3v) is 4.70. The molecule has 0 aliphatic rings. The maximum atomic E-state index is 13.1. The van der Waals surface area contributed by atoms with E-state index in [9.17, 15) is 13.6 Å². The smallest absolute Gasteiger partial charge is 0.237 e. The summed E-state index contributed by atoms with van der Waals surface area (Å²) in [4.78, 5) is 12.1. The second-order valence-electron chi connectivity index (χ2n) is 4.42. The second-order valence-corrected chi connectivity index (χ2v) is 6.99. The van der Waals surface area contributed by atoms with Gasteiger partial charge in [0.2, 0.25) is 11.0 Å². The zero-order valence-corrected chi connectivity index (χ0v) is 13.8. The highest BCUT2D eigenvalue weighted by atomic mass is 32.2. The van der Waals surface area contributed by atoms with E-state index >= 15 is 0 Å². The molecule has 23 heavy (non-hydrogen) atoms. The van der Waals surface area contributed by atoms with Crippen molar-refractivity contribution in [3.05, 3.63) is 42.5 Å². The number of aromatic nitrogens is 2. The van der Waals surface area contributed by atoms with Gasteiger partial charge in [0, 0.05) is 18.3 Å². The van der Waals surface area contributed by atoms with Crippen LogP contribution in [0.2, 0.25) is 0 Å². The molecule has 1 heterocycles. The van der Waals surface area contributed by atoms with Crippen LogP contribution in [0.1, 0.15) is 6.92 Å². The van der Waals surface area contributed by atoms with Crippen LogP contribution in [0.4, 0.5) is 19.6 Å². The molecule has 1 amide bonds. The molecule has 1 atom stereocenters. The number of thioether (sulfide) groups is 1. The van der Waals surface area contributed by atoms with E-state index < -0.39 is 16.9 Å². The van der Waals surface area contributed by atoms with Crippen molar-refractivity contribution in [2.24, 2.45) is 0 Å². The third kappa shape index (κ3) is 5.00. The Hall–Kier alpha value is -2.00. The predicted molar refractivity (Wildman–Crippen MR) is 88.9 cm³/mol. The number of halogens is 2. The lowest BCUT2D eigenvalue weighted by Crippen LogP contribution is -2.22. The van der Waals surface area contributed by atoms with Crippen LogP contribution in [-0.4, -0.2) is 27.9 Å². The van der Waals surface area contributed by atoms with Gasteiger partial charge in [-0.3, -0.25) is 4.79 Å². The summed E-state index contributed by atoms with van der Waals surface area (Å²) in [6.07, 6.45) is 1.70. The number of carbonyl (C=O) groups is 1. The van der Waals surface area contributed by atoms with Gasteiger partial charge in [0.15, 0.2) is 16.0 Å². The van der Waals surface area contributed by atoms with Crippen molar-refractivity contribution >= 4 is 39.8 Å². The van der Waals surface area contributed by atoms with Gasteiger partial charge in [0.25, 0.3) is 0 Å². The van der Waals surface area contributed by atoms with Gasteiger partial charge in [-0.15, -0.1) is 16.8 Å². The highest BCUT2D eigenvalue weighted by Gasteiger charge is 2.18. The van der Waals surface area contributed by atoms with E-state index in [-0.39, 0.29) is 11.6 Å². The zero-order valence-electron chi connectivity index (χ0n) is 12.2. The largest absolute Gasteiger partial charge is 0.357 e. The first-order valence-electron chi connectivity index (χ1n) is 6.60. The molecule has 0 saturated heterocycles. The number of nitrogens with one attached hydrogen (secondary N) is 2. The van der Waals surface area contributed by atoms with Gasteiger partial charge in [0.05, 0.1) is 5.25 Å². The number of benzene rings is 1. The van der Waals surface area contributed by atoms with Crippen LogP contribution in [0.3, 0.4) is 0 Å². The Bertz CT molecular complexity index is 708. The van der Waals surface area contributed by atoms with Crippen molar-refractivity contribution in [1.82, 2.24) is 10.2 Å². The molecule has 1 aromatic carbocycles. The molecule has 0 spiro atoms. The summed E-state index contributed by atoms with van der Waals surface area (Å²) in [6.45, 7) is 5.86. The lowest BCUT2D eigenvalue weighted by Gasteiger charge is -2.10. The number of hydrogen-bond acceptors (Lipinski definition) is 6. The van der Waals surface area contributed by atoms with Gasteiger partial charge < -0.3 is 10.6 Å². The molecule has 2 aromatic rings. The van der Waals surface area contributed by atoms with E-state index in [2.05, 4.69) is 27.4 Å². The standard InChI is InChI=1S/C14H14F2N4OS2/c1-3-6-17-13-19-20-14(23-13)22-8(2)12(21)18-9-4-5-10(15)11(16)7-9/h3-5,7-8H,1,6H2,2H3,(H,17,19)(H,18,21). The summed E-state index contributed by atoms with van der Waals surface area (Å²) >= 11 is 2.55. The topological polar surface area (TPSA) is 66.9 Å². The van der Waals surface area contributed by atoms with Crippen molar-refractivity contribution in [2.75, 3.05) is 17.2 Å². The van der Waals surface area contributed by atoms with Crippen LogP contribution in [0.5, 0.6) is 0 Å². The average molecular weight is 356 g/mol. The predicted octanol–water partition coefficient (Wildman–Crippen LogP) is 3.53. The maximum absolute atomic E-state index is 13.1. The summed E-state index contributed by atoms with van der Waals surface area (Å²) in [7, 11) is 0. The highest BCUT2D eigenvalue weighted by Crippen LogP contribution is 2.29. The molecule has 2 N–H and O–H groups in total. The lowest BCUT2D eigenvalue weighted by molar-refractivity contribution is -0.115. The quantitative estimate of drug-likeness (QED) is 0.587. The number of hydrogen-bond donors (Lipinski definition) is 2. The van der Waals surface area contributed by atoms with Crippen LogP contribution in [0, 0.1) is 11.6 Å². The molecule has 1 aromatic heterocycles. The third-order valence-electron chi connectivity index (χ3n) is 2.64. The Labute approximate surface area is 140 Å². The van der Waals surface area contributed by atoms with Crippen LogP contribution in [0.25, 0.3) is 0 Å². The van der Waals surface area contributed by atoms with E-state index in [1.807, 2.05) is 0 Å². The normalized spacial score (nSPS) is 11.8. The van der Waals surface area contributed by atoms with Gasteiger partial charge >= 0.3 is 0 Å². The van der Waals surface area contributed by atoms with Crippen LogP contribution < -0.4 is 10.6 Å². The minimum absolute atomic E-state index is 0.201. The molecular weight excluding hydrogens is 342 g/mol. The first kappa shape index (κ1) is 17.4. The fourth-order valence-electron chi connectivity index (χ4n) is 1.51. The summed E-state index contributed by atoms with van der Waals surface area (Å²) in [5.74, 6) is -2.30. The molecule has 9 heteroatoms. The monoisotopic (exact) mass is 356 g/mol. The first-order chi connectivity index (χ1) is 11.0. The average Bonchev–Trinajstić information content (AvgIpc) is 2.96. The summed E-state index contributed by atoms with van der Waals surface area (Å²) in [6, 6.07) is 3.20. The molecule has 1 unspecified atom stereocenters. The molecule has 0 bridgehead atoms. The van der Waals surface area contributed by atoms with Crippen LogP contribution >= 0.6 is 23.1 Å². The molecule has 0 aliphatic carbocycles. The number of rotatable bonds is 7. The Morgan fingerprint density at radius 1 is 1.43 bits per heavy atom. The van der Waals surface area contributed by atoms with E-state index in [1.165, 1.54) is 29.2 Å². The molecule has 2 rings (SSSR count). The second kappa shape index (κ2) is 8.02. The van der Waals surface area contributed by atoms with E-state index in [0.717, 1.165) is 12.1 Å². The van der Waals surface area contributed by atoms with Crippen LogP contribution in [-0.2, 0) is 4.79 Å². The maximum Gasteiger partial charge on any atom is 0.237 e. The fraction of sp³-hybridized carbons (Fsp3) is 0.214. The highest BCUT2D eigenvalue weighted by molar-refractivity contribution is 8.02. The molecule has 0 fully saturated rings. The molecule has 122 valence electrons. The zero-order chi connectivity index (χ0) is 16.8. The van der Waals surface area contributed by atoms with Crippen molar-refractivity contribution in [2.45, 2.75) is 16.5 Å². The lowest BCUT2D eigenvalue weighted by atomic mass is 10.3. The van der Waals surface area contributed by atoms with Crippen molar-refractivity contribution in [3.63, 3.8) is 0 Å². The summed E-state index contributed by atoms with van der Waals surface area (Å²) in [5.41, 5.74) is 0.201. The Morgan fingerprint density at radius 3 is 2.91 bits per heavy atom. The van der Waals surface area contributed by atoms with Gasteiger partial charge in [0.1, 0.15) is 0 Å². The number of carbonyl (C=O) groups excluding carboxylic acids is 1.